The molecule has 0 fully saturated rings. The molecule has 2 N–H and O–H groups in total. The number of aromatic nitrogens is 1. The fourth-order valence-electron chi connectivity index (χ4n) is 1.81. The Hall–Kier alpha value is -1.94. The Bertz CT molecular complexity index is 570. The van der Waals surface area contributed by atoms with Gasteiger partial charge in [-0.25, -0.2) is 9.37 Å². The highest BCUT2D eigenvalue weighted by Gasteiger charge is 2.09. The standard InChI is InChI=1S/C15H17FN2O/c1-10-8-13(5-6-14(10)16)19-15-12(9-11(2)17)4-3-7-18-15/h3-8,11H,9,17H2,1-2H3. The second-order valence-corrected chi connectivity index (χ2v) is 4.66. The molecule has 0 aliphatic carbocycles. The van der Waals surface area contributed by atoms with Crippen molar-refractivity contribution in [2.75, 3.05) is 0 Å². The molecule has 4 heteroatoms. The SMILES string of the molecule is Cc1cc(Oc2ncccc2CC(C)N)ccc1F. The number of benzene rings is 1. The monoisotopic (exact) mass is 260 g/mol. The highest BCUT2D eigenvalue weighted by atomic mass is 19.1. The predicted octanol–water partition coefficient (Wildman–Crippen LogP) is 3.21. The van der Waals surface area contributed by atoms with Crippen molar-refractivity contribution >= 4 is 0 Å². The Kier molecular flexibility index (Phi) is 4.12. The van der Waals surface area contributed by atoms with E-state index in [1.807, 2.05) is 19.1 Å². The Balaban J connectivity index is 2.25. The lowest BCUT2D eigenvalue weighted by atomic mass is 10.1. The van der Waals surface area contributed by atoms with E-state index in [4.69, 9.17) is 10.5 Å². The summed E-state index contributed by atoms with van der Waals surface area (Å²) in [5.74, 6) is 0.846. The topological polar surface area (TPSA) is 48.1 Å². The first-order valence-electron chi connectivity index (χ1n) is 6.19. The third kappa shape index (κ3) is 3.51. The molecular weight excluding hydrogens is 243 g/mol. The summed E-state index contributed by atoms with van der Waals surface area (Å²) in [6.07, 6.45) is 2.35. The summed E-state index contributed by atoms with van der Waals surface area (Å²) >= 11 is 0. The average molecular weight is 260 g/mol. The zero-order valence-electron chi connectivity index (χ0n) is 11.1. The first-order chi connectivity index (χ1) is 9.06. The van der Waals surface area contributed by atoms with Crippen LogP contribution in [-0.4, -0.2) is 11.0 Å². The third-order valence-electron chi connectivity index (χ3n) is 2.74. The molecule has 0 aliphatic rings. The van der Waals surface area contributed by atoms with Gasteiger partial charge in [-0.2, -0.15) is 0 Å². The van der Waals surface area contributed by atoms with Crippen molar-refractivity contribution in [3.05, 3.63) is 53.5 Å². The number of nitrogens with two attached hydrogens (primary N) is 1. The van der Waals surface area contributed by atoms with E-state index in [1.165, 1.54) is 6.07 Å². The van der Waals surface area contributed by atoms with Gasteiger partial charge in [0.1, 0.15) is 11.6 Å². The fraction of sp³-hybridized carbons (Fsp3) is 0.267. The molecule has 0 aliphatic heterocycles. The highest BCUT2D eigenvalue weighted by molar-refractivity contribution is 5.35. The fourth-order valence-corrected chi connectivity index (χ4v) is 1.81. The zero-order chi connectivity index (χ0) is 13.8. The highest BCUT2D eigenvalue weighted by Crippen LogP contribution is 2.25. The van der Waals surface area contributed by atoms with Gasteiger partial charge < -0.3 is 10.5 Å². The van der Waals surface area contributed by atoms with Crippen molar-refractivity contribution in [3.63, 3.8) is 0 Å². The normalized spacial score (nSPS) is 12.2. The van der Waals surface area contributed by atoms with Gasteiger partial charge in [0.15, 0.2) is 0 Å². The van der Waals surface area contributed by atoms with Gasteiger partial charge in [0.25, 0.3) is 0 Å². The molecule has 19 heavy (non-hydrogen) atoms. The second kappa shape index (κ2) is 5.80. The van der Waals surface area contributed by atoms with Gasteiger partial charge in [-0.05, 0) is 50.1 Å². The van der Waals surface area contributed by atoms with Crippen molar-refractivity contribution in [1.29, 1.82) is 0 Å². The lowest BCUT2D eigenvalue weighted by molar-refractivity contribution is 0.452. The minimum Gasteiger partial charge on any atom is -0.439 e. The second-order valence-electron chi connectivity index (χ2n) is 4.66. The summed E-state index contributed by atoms with van der Waals surface area (Å²) < 4.78 is 18.9. The summed E-state index contributed by atoms with van der Waals surface area (Å²) in [6, 6.07) is 8.44. The van der Waals surface area contributed by atoms with E-state index in [1.54, 1.807) is 25.3 Å². The molecule has 2 aromatic rings. The van der Waals surface area contributed by atoms with Crippen molar-refractivity contribution in [1.82, 2.24) is 4.98 Å². The van der Waals surface area contributed by atoms with Crippen LogP contribution in [0.15, 0.2) is 36.5 Å². The predicted molar refractivity (Wildman–Crippen MR) is 72.8 cm³/mol. The van der Waals surface area contributed by atoms with Crippen molar-refractivity contribution in [2.24, 2.45) is 5.73 Å². The van der Waals surface area contributed by atoms with Crippen LogP contribution in [0, 0.1) is 12.7 Å². The van der Waals surface area contributed by atoms with Crippen molar-refractivity contribution < 1.29 is 9.13 Å². The summed E-state index contributed by atoms with van der Waals surface area (Å²) in [5, 5.41) is 0. The van der Waals surface area contributed by atoms with E-state index in [0.29, 0.717) is 23.6 Å². The van der Waals surface area contributed by atoms with Gasteiger partial charge in [-0.15, -0.1) is 0 Å². The Labute approximate surface area is 112 Å². The maximum absolute atomic E-state index is 13.2. The van der Waals surface area contributed by atoms with E-state index < -0.39 is 0 Å². The summed E-state index contributed by atoms with van der Waals surface area (Å²) in [4.78, 5) is 4.21. The van der Waals surface area contributed by atoms with Gasteiger partial charge in [0.2, 0.25) is 5.88 Å². The van der Waals surface area contributed by atoms with Gasteiger partial charge in [-0.3, -0.25) is 0 Å². The first kappa shape index (κ1) is 13.5. The van der Waals surface area contributed by atoms with Gasteiger partial charge in [-0.1, -0.05) is 6.07 Å². The molecule has 0 saturated carbocycles. The average Bonchev–Trinajstić information content (AvgIpc) is 2.36. The van der Waals surface area contributed by atoms with E-state index in [2.05, 4.69) is 4.98 Å². The largest absolute Gasteiger partial charge is 0.439 e. The smallest absolute Gasteiger partial charge is 0.222 e. The quantitative estimate of drug-likeness (QED) is 0.918. The third-order valence-corrected chi connectivity index (χ3v) is 2.74. The number of halogens is 1. The molecule has 0 saturated heterocycles. The van der Waals surface area contributed by atoms with Crippen LogP contribution in [0.1, 0.15) is 18.1 Å². The number of aryl methyl sites for hydroxylation is 1. The van der Waals surface area contributed by atoms with E-state index in [-0.39, 0.29) is 11.9 Å². The number of ether oxygens (including phenoxy) is 1. The van der Waals surface area contributed by atoms with Crippen LogP contribution in [0.4, 0.5) is 4.39 Å². The number of hydrogen-bond acceptors (Lipinski definition) is 3. The van der Waals surface area contributed by atoms with Crippen LogP contribution < -0.4 is 10.5 Å². The summed E-state index contributed by atoms with van der Waals surface area (Å²) in [5.41, 5.74) is 7.29. The van der Waals surface area contributed by atoms with E-state index >= 15 is 0 Å². The number of pyridine rings is 1. The molecular formula is C15H17FN2O. The molecule has 2 rings (SSSR count). The van der Waals surface area contributed by atoms with Crippen molar-refractivity contribution in [2.45, 2.75) is 26.3 Å². The molecule has 0 amide bonds. The maximum Gasteiger partial charge on any atom is 0.222 e. The van der Waals surface area contributed by atoms with Crippen LogP contribution in [0.5, 0.6) is 11.6 Å². The molecule has 1 aromatic heterocycles. The molecule has 1 aromatic carbocycles. The molecule has 1 atom stereocenters. The molecule has 100 valence electrons. The molecule has 1 unspecified atom stereocenters. The maximum atomic E-state index is 13.2. The zero-order valence-corrected chi connectivity index (χ0v) is 11.1. The minimum atomic E-state index is -0.246. The van der Waals surface area contributed by atoms with Gasteiger partial charge >= 0.3 is 0 Å². The number of rotatable bonds is 4. The van der Waals surface area contributed by atoms with Crippen molar-refractivity contribution in [3.8, 4) is 11.6 Å². The number of hydrogen-bond donors (Lipinski definition) is 1. The van der Waals surface area contributed by atoms with Gasteiger partial charge in [0, 0.05) is 17.8 Å². The Morgan fingerprint density at radius 2 is 2.16 bits per heavy atom. The lowest BCUT2D eigenvalue weighted by Gasteiger charge is -2.11. The molecule has 0 spiro atoms. The molecule has 3 nitrogen and oxygen atoms in total. The lowest BCUT2D eigenvalue weighted by Crippen LogP contribution is -2.18. The number of nitrogens with zero attached hydrogens (tertiary/aromatic N) is 1. The summed E-state index contributed by atoms with van der Waals surface area (Å²) in [6.45, 7) is 3.63. The van der Waals surface area contributed by atoms with E-state index in [0.717, 1.165) is 5.56 Å². The van der Waals surface area contributed by atoms with Crippen LogP contribution in [0.25, 0.3) is 0 Å². The van der Waals surface area contributed by atoms with Crippen LogP contribution in [-0.2, 0) is 6.42 Å². The van der Waals surface area contributed by atoms with Crippen LogP contribution in [0.2, 0.25) is 0 Å². The van der Waals surface area contributed by atoms with Gasteiger partial charge in [0.05, 0.1) is 0 Å². The molecule has 0 bridgehead atoms. The van der Waals surface area contributed by atoms with Crippen LogP contribution in [0.3, 0.4) is 0 Å². The Morgan fingerprint density at radius 1 is 1.37 bits per heavy atom. The van der Waals surface area contributed by atoms with Crippen LogP contribution >= 0.6 is 0 Å². The molecule has 0 radical (unpaired) electrons. The first-order valence-corrected chi connectivity index (χ1v) is 6.19. The summed E-state index contributed by atoms with van der Waals surface area (Å²) in [7, 11) is 0. The Morgan fingerprint density at radius 3 is 2.84 bits per heavy atom. The molecule has 1 heterocycles. The van der Waals surface area contributed by atoms with E-state index in [9.17, 15) is 4.39 Å². The minimum absolute atomic E-state index is 0.0292.